The lowest BCUT2D eigenvalue weighted by Gasteiger charge is -2.35. The molecule has 2 atom stereocenters. The van der Waals surface area contributed by atoms with Crippen LogP contribution in [0.3, 0.4) is 0 Å². The Bertz CT molecular complexity index is 1160. The van der Waals surface area contributed by atoms with Gasteiger partial charge in [-0.3, -0.25) is 34.2 Å². The Kier molecular flexibility index (Phi) is 6.10. The van der Waals surface area contributed by atoms with Crippen LogP contribution in [0.25, 0.3) is 0 Å². The van der Waals surface area contributed by atoms with Crippen molar-refractivity contribution in [3.8, 4) is 0 Å². The van der Waals surface area contributed by atoms with Crippen molar-refractivity contribution in [1.82, 2.24) is 20.0 Å². The van der Waals surface area contributed by atoms with Crippen molar-refractivity contribution in [2.24, 2.45) is 5.92 Å². The van der Waals surface area contributed by atoms with E-state index in [0.717, 1.165) is 4.90 Å². The van der Waals surface area contributed by atoms with Crippen molar-refractivity contribution in [2.45, 2.75) is 44.2 Å². The molecule has 1 unspecified atom stereocenters. The zero-order valence-corrected chi connectivity index (χ0v) is 19.6. The van der Waals surface area contributed by atoms with Crippen LogP contribution < -0.4 is 10.6 Å². The van der Waals surface area contributed by atoms with Crippen LogP contribution >= 0.6 is 0 Å². The molecule has 1 aromatic carbocycles. The van der Waals surface area contributed by atoms with E-state index in [-0.39, 0.29) is 42.6 Å². The molecule has 6 amide bonds. The molecule has 4 aliphatic heterocycles. The van der Waals surface area contributed by atoms with Gasteiger partial charge in [0.25, 0.3) is 11.8 Å². The molecule has 190 valence electrons. The van der Waals surface area contributed by atoms with E-state index >= 15 is 0 Å². The fraction of sp³-hybridized carbons (Fsp3) is 0.500. The first-order valence-corrected chi connectivity index (χ1v) is 12.1. The Morgan fingerprint density at radius 3 is 2.33 bits per heavy atom. The van der Waals surface area contributed by atoms with Crippen LogP contribution in [-0.4, -0.2) is 93.7 Å². The molecule has 0 spiro atoms. The van der Waals surface area contributed by atoms with Crippen LogP contribution in [0.2, 0.25) is 0 Å². The van der Waals surface area contributed by atoms with E-state index < -0.39 is 41.6 Å². The number of hydrogen-bond acceptors (Lipinski definition) is 7. The van der Waals surface area contributed by atoms with Gasteiger partial charge in [-0.25, -0.2) is 4.79 Å². The van der Waals surface area contributed by atoms with Gasteiger partial charge in [0.1, 0.15) is 6.04 Å². The lowest BCUT2D eigenvalue weighted by molar-refractivity contribution is -0.141. The molecular weight excluding hydrogens is 470 g/mol. The summed E-state index contributed by atoms with van der Waals surface area (Å²) in [5.74, 6) is -3.60. The summed E-state index contributed by atoms with van der Waals surface area (Å²) in [5, 5.41) is 14.7. The fourth-order valence-electron chi connectivity index (χ4n) is 5.41. The number of carbonyl (C=O) groups excluding carboxylic acids is 5. The Hall–Kier alpha value is -3.96. The first kappa shape index (κ1) is 23.8. The Labute approximate surface area is 206 Å². The normalized spacial score (nSPS) is 24.7. The summed E-state index contributed by atoms with van der Waals surface area (Å²) in [4.78, 5) is 78.3. The third-order valence-electron chi connectivity index (χ3n) is 7.40. The van der Waals surface area contributed by atoms with E-state index in [9.17, 15) is 33.9 Å². The second kappa shape index (κ2) is 9.25. The number of nitrogens with zero attached hydrogens (tertiary/aromatic N) is 3. The quantitative estimate of drug-likeness (QED) is 0.508. The lowest BCUT2D eigenvalue weighted by Crippen LogP contribution is -2.54. The maximum Gasteiger partial charge on any atom is 0.320 e. The first-order valence-electron chi connectivity index (χ1n) is 12.1. The average Bonchev–Trinajstić information content (AvgIpc) is 3.44. The van der Waals surface area contributed by atoms with Gasteiger partial charge in [0.05, 0.1) is 17.0 Å². The van der Waals surface area contributed by atoms with Crippen LogP contribution in [0.4, 0.5) is 10.5 Å². The molecular formula is C24H27N5O7. The van der Waals surface area contributed by atoms with Gasteiger partial charge in [0, 0.05) is 44.3 Å². The largest absolute Gasteiger partial charge is 0.481 e. The third-order valence-corrected chi connectivity index (χ3v) is 7.40. The van der Waals surface area contributed by atoms with Gasteiger partial charge in [-0.05, 0) is 37.8 Å². The maximum absolute atomic E-state index is 13.3. The molecule has 0 bridgehead atoms. The van der Waals surface area contributed by atoms with Gasteiger partial charge in [-0.2, -0.15) is 0 Å². The number of piperidine rings is 2. The number of likely N-dealkylation sites (tertiary alicyclic amines) is 2. The summed E-state index contributed by atoms with van der Waals surface area (Å²) in [6, 6.07) is 3.71. The first-order chi connectivity index (χ1) is 17.2. The van der Waals surface area contributed by atoms with E-state index in [0.29, 0.717) is 44.6 Å². The molecule has 0 radical (unpaired) electrons. The van der Waals surface area contributed by atoms with Gasteiger partial charge in [0.2, 0.25) is 11.8 Å². The molecule has 12 nitrogen and oxygen atoms in total. The minimum Gasteiger partial charge on any atom is -0.481 e. The van der Waals surface area contributed by atoms with Crippen LogP contribution in [0.1, 0.15) is 52.8 Å². The number of carbonyl (C=O) groups is 6. The van der Waals surface area contributed by atoms with Gasteiger partial charge in [-0.15, -0.1) is 0 Å². The summed E-state index contributed by atoms with van der Waals surface area (Å²) in [5.41, 5.74) is 0.918. The van der Waals surface area contributed by atoms with Gasteiger partial charge in [-0.1, -0.05) is 6.07 Å². The van der Waals surface area contributed by atoms with Crippen molar-refractivity contribution in [2.75, 3.05) is 31.5 Å². The zero-order chi connectivity index (χ0) is 25.6. The van der Waals surface area contributed by atoms with Crippen LogP contribution in [0, 0.1) is 5.92 Å². The van der Waals surface area contributed by atoms with Crippen LogP contribution in [0.15, 0.2) is 18.2 Å². The number of amides is 6. The SMILES string of the molecule is O=C1CCC(N2C(=O)c3cccc(NC4CCN(C(=O)N5CC[C@@H](C(=O)O)C5)CC4)c3C2=O)C(=O)N1. The van der Waals surface area contributed by atoms with Crippen molar-refractivity contribution in [3.63, 3.8) is 0 Å². The number of nitrogens with one attached hydrogen (secondary N) is 2. The van der Waals surface area contributed by atoms with Crippen molar-refractivity contribution < 1.29 is 33.9 Å². The summed E-state index contributed by atoms with van der Waals surface area (Å²) in [7, 11) is 0. The second-order valence-electron chi connectivity index (χ2n) is 9.63. The molecule has 4 aliphatic rings. The smallest absolute Gasteiger partial charge is 0.320 e. The molecule has 0 aromatic heterocycles. The Balaban J connectivity index is 1.23. The van der Waals surface area contributed by atoms with Crippen LogP contribution in [-0.2, 0) is 14.4 Å². The molecule has 0 saturated carbocycles. The monoisotopic (exact) mass is 497 g/mol. The minimum absolute atomic E-state index is 0.0431. The number of urea groups is 1. The van der Waals surface area contributed by atoms with Crippen molar-refractivity contribution >= 4 is 41.3 Å². The van der Waals surface area contributed by atoms with Gasteiger partial charge in [0.15, 0.2) is 0 Å². The number of hydrogen-bond donors (Lipinski definition) is 3. The number of aliphatic carboxylic acids is 1. The maximum atomic E-state index is 13.3. The van der Waals surface area contributed by atoms with E-state index in [2.05, 4.69) is 10.6 Å². The highest BCUT2D eigenvalue weighted by Gasteiger charge is 2.46. The number of benzene rings is 1. The predicted octanol–water partition coefficient (Wildman–Crippen LogP) is 0.491. The number of imide groups is 2. The molecule has 36 heavy (non-hydrogen) atoms. The van der Waals surface area contributed by atoms with Crippen LogP contribution in [0.5, 0.6) is 0 Å². The van der Waals surface area contributed by atoms with Crippen molar-refractivity contribution in [3.05, 3.63) is 29.3 Å². The van der Waals surface area contributed by atoms with E-state index in [1.54, 1.807) is 28.0 Å². The molecule has 3 saturated heterocycles. The number of anilines is 1. The highest BCUT2D eigenvalue weighted by atomic mass is 16.4. The number of rotatable bonds is 4. The molecule has 5 rings (SSSR count). The predicted molar refractivity (Wildman–Crippen MR) is 124 cm³/mol. The Morgan fingerprint density at radius 2 is 1.67 bits per heavy atom. The molecule has 3 fully saturated rings. The second-order valence-corrected chi connectivity index (χ2v) is 9.63. The van der Waals surface area contributed by atoms with Gasteiger partial charge >= 0.3 is 12.0 Å². The summed E-state index contributed by atoms with van der Waals surface area (Å²) in [6.45, 7) is 1.62. The van der Waals surface area contributed by atoms with Crippen molar-refractivity contribution in [1.29, 1.82) is 0 Å². The van der Waals surface area contributed by atoms with E-state index in [4.69, 9.17) is 0 Å². The molecule has 0 aliphatic carbocycles. The zero-order valence-electron chi connectivity index (χ0n) is 19.6. The molecule has 12 heteroatoms. The third kappa shape index (κ3) is 4.16. The molecule has 3 N–H and O–H groups in total. The standard InChI is InChI=1S/C24H27N5O7/c30-18-5-4-17(20(31)26-18)29-21(32)15-2-1-3-16(19(15)22(29)33)25-14-7-10-27(11-8-14)24(36)28-9-6-13(12-28)23(34)35/h1-3,13-14,17,25H,4-12H2,(H,34,35)(H,26,30,31)/t13-,17?/m1/s1. The fourth-order valence-corrected chi connectivity index (χ4v) is 5.41. The highest BCUT2D eigenvalue weighted by Crippen LogP contribution is 2.33. The topological polar surface area (TPSA) is 156 Å². The Morgan fingerprint density at radius 1 is 0.944 bits per heavy atom. The number of carboxylic acids is 1. The summed E-state index contributed by atoms with van der Waals surface area (Å²) >= 11 is 0. The highest BCUT2D eigenvalue weighted by molar-refractivity contribution is 6.25. The van der Waals surface area contributed by atoms with E-state index in [1.165, 1.54) is 0 Å². The summed E-state index contributed by atoms with van der Waals surface area (Å²) in [6.07, 6.45) is 1.84. The summed E-state index contributed by atoms with van der Waals surface area (Å²) < 4.78 is 0. The number of fused-ring (bicyclic) bond motifs is 1. The van der Waals surface area contributed by atoms with E-state index in [1.807, 2.05) is 0 Å². The average molecular weight is 498 g/mol. The number of carboxylic acid groups (broad SMARTS) is 1. The molecule has 4 heterocycles. The van der Waals surface area contributed by atoms with Gasteiger partial charge < -0.3 is 20.2 Å². The lowest BCUT2D eigenvalue weighted by atomic mass is 10.0. The minimum atomic E-state index is -1.02. The molecule has 1 aromatic rings.